The zero-order valence-corrected chi connectivity index (χ0v) is 22.0. The van der Waals surface area contributed by atoms with Crippen LogP contribution >= 0.6 is 0 Å². The predicted octanol–water partition coefficient (Wildman–Crippen LogP) is 5.14. The van der Waals surface area contributed by atoms with Gasteiger partial charge in [-0.05, 0) is 75.9 Å². The smallest absolute Gasteiger partial charge is 0.225 e. The van der Waals surface area contributed by atoms with Crippen molar-refractivity contribution < 1.29 is 9.59 Å². The lowest BCUT2D eigenvalue weighted by Gasteiger charge is -2.42. The first-order valence-electron chi connectivity index (χ1n) is 14.5. The largest absolute Gasteiger partial charge is 0.343 e. The summed E-state index contributed by atoms with van der Waals surface area (Å²) in [6.45, 7) is 7.97. The highest BCUT2D eigenvalue weighted by atomic mass is 16.2. The third-order valence-electron chi connectivity index (χ3n) is 8.75. The van der Waals surface area contributed by atoms with Crippen LogP contribution in [0.2, 0.25) is 0 Å². The SMILES string of the molecule is CCCCCCC(=O)N1CCC(N2CCC(C(=O)N3CCC(Cc4ccccc4)CC3)CC2)CC1. The number of benzene rings is 1. The Labute approximate surface area is 213 Å². The number of hydrogen-bond acceptors (Lipinski definition) is 3. The monoisotopic (exact) mass is 481 g/mol. The average Bonchev–Trinajstić information content (AvgIpc) is 2.92. The summed E-state index contributed by atoms with van der Waals surface area (Å²) in [5.74, 6) is 1.68. The van der Waals surface area contributed by atoms with Gasteiger partial charge in [-0.2, -0.15) is 0 Å². The molecule has 3 fully saturated rings. The normalized spacial score (nSPS) is 21.4. The minimum Gasteiger partial charge on any atom is -0.343 e. The molecule has 194 valence electrons. The second-order valence-corrected chi connectivity index (χ2v) is 11.2. The lowest BCUT2D eigenvalue weighted by molar-refractivity contribution is -0.139. The van der Waals surface area contributed by atoms with Crippen LogP contribution < -0.4 is 0 Å². The first kappa shape index (κ1) is 26.2. The number of hydrogen-bond donors (Lipinski definition) is 0. The third-order valence-corrected chi connectivity index (χ3v) is 8.75. The quantitative estimate of drug-likeness (QED) is 0.459. The minimum atomic E-state index is 0.210. The maximum absolute atomic E-state index is 13.2. The molecule has 0 atom stereocenters. The molecule has 0 unspecified atom stereocenters. The number of carbonyl (C=O) groups is 2. The van der Waals surface area contributed by atoms with Crippen LogP contribution in [0.4, 0.5) is 0 Å². The van der Waals surface area contributed by atoms with E-state index in [0.29, 0.717) is 23.8 Å². The molecule has 2 amide bonds. The molecule has 3 heterocycles. The Hall–Kier alpha value is -1.88. The van der Waals surface area contributed by atoms with Gasteiger partial charge in [-0.25, -0.2) is 0 Å². The van der Waals surface area contributed by atoms with Crippen LogP contribution in [0.5, 0.6) is 0 Å². The molecule has 0 aromatic heterocycles. The lowest BCUT2D eigenvalue weighted by atomic mass is 9.88. The molecule has 1 aromatic carbocycles. The Bertz CT molecular complexity index is 774. The summed E-state index contributed by atoms with van der Waals surface area (Å²) in [5.41, 5.74) is 1.42. The minimum absolute atomic E-state index is 0.210. The van der Waals surface area contributed by atoms with Gasteiger partial charge < -0.3 is 14.7 Å². The van der Waals surface area contributed by atoms with Gasteiger partial charge in [0, 0.05) is 44.6 Å². The summed E-state index contributed by atoms with van der Waals surface area (Å²) in [6.07, 6.45) is 13.0. The molecule has 0 radical (unpaired) electrons. The van der Waals surface area contributed by atoms with E-state index in [9.17, 15) is 9.59 Å². The summed E-state index contributed by atoms with van der Waals surface area (Å²) >= 11 is 0. The number of piperidine rings is 3. The average molecular weight is 482 g/mol. The van der Waals surface area contributed by atoms with Gasteiger partial charge in [0.25, 0.3) is 0 Å². The molecule has 0 saturated carbocycles. The van der Waals surface area contributed by atoms with Crippen molar-refractivity contribution in [3.05, 3.63) is 35.9 Å². The van der Waals surface area contributed by atoms with Crippen molar-refractivity contribution in [3.63, 3.8) is 0 Å². The van der Waals surface area contributed by atoms with Crippen LogP contribution in [0.3, 0.4) is 0 Å². The molecule has 0 spiro atoms. The number of rotatable bonds is 9. The van der Waals surface area contributed by atoms with Gasteiger partial charge in [-0.15, -0.1) is 0 Å². The molecular formula is C30H47N3O2. The summed E-state index contributed by atoms with van der Waals surface area (Å²) < 4.78 is 0. The van der Waals surface area contributed by atoms with Crippen molar-refractivity contribution in [1.82, 2.24) is 14.7 Å². The number of nitrogens with zero attached hydrogens (tertiary/aromatic N) is 3. The Morgan fingerprint density at radius 1 is 0.771 bits per heavy atom. The number of unbranched alkanes of at least 4 members (excludes halogenated alkanes) is 3. The van der Waals surface area contributed by atoms with Crippen molar-refractivity contribution in [1.29, 1.82) is 0 Å². The van der Waals surface area contributed by atoms with Crippen molar-refractivity contribution in [2.24, 2.45) is 11.8 Å². The molecule has 3 aliphatic rings. The van der Waals surface area contributed by atoms with Gasteiger partial charge in [0.05, 0.1) is 0 Å². The van der Waals surface area contributed by atoms with E-state index in [1.54, 1.807) is 0 Å². The van der Waals surface area contributed by atoms with E-state index in [2.05, 4.69) is 52.0 Å². The standard InChI is InChI=1S/C30H47N3O2/c1-2-3-4-8-11-29(34)32-22-16-28(17-23-32)31-20-14-27(15-21-31)30(35)33-18-12-26(13-19-33)24-25-9-6-5-7-10-25/h5-7,9-10,26-28H,2-4,8,11-24H2,1H3. The van der Waals surface area contributed by atoms with Crippen molar-refractivity contribution in [2.45, 2.75) is 90.0 Å². The summed E-state index contributed by atoms with van der Waals surface area (Å²) in [4.78, 5) is 32.6. The van der Waals surface area contributed by atoms with Crippen molar-refractivity contribution in [3.8, 4) is 0 Å². The second-order valence-electron chi connectivity index (χ2n) is 11.2. The van der Waals surface area contributed by atoms with Gasteiger partial charge in [0.15, 0.2) is 0 Å². The van der Waals surface area contributed by atoms with E-state index in [-0.39, 0.29) is 5.92 Å². The van der Waals surface area contributed by atoms with E-state index in [0.717, 1.165) is 97.1 Å². The molecule has 0 bridgehead atoms. The Morgan fingerprint density at radius 2 is 1.43 bits per heavy atom. The molecule has 3 aliphatic heterocycles. The molecule has 0 N–H and O–H groups in total. The van der Waals surface area contributed by atoms with E-state index in [4.69, 9.17) is 0 Å². The molecule has 5 nitrogen and oxygen atoms in total. The van der Waals surface area contributed by atoms with E-state index >= 15 is 0 Å². The Morgan fingerprint density at radius 3 is 2.09 bits per heavy atom. The first-order chi connectivity index (χ1) is 17.1. The molecule has 5 heteroatoms. The summed E-state index contributed by atoms with van der Waals surface area (Å²) in [5, 5.41) is 0. The highest BCUT2D eigenvalue weighted by Crippen LogP contribution is 2.28. The third kappa shape index (κ3) is 7.55. The molecule has 0 aliphatic carbocycles. The maximum atomic E-state index is 13.2. The van der Waals surface area contributed by atoms with Crippen LogP contribution in [-0.2, 0) is 16.0 Å². The molecule has 3 saturated heterocycles. The van der Waals surface area contributed by atoms with Crippen LogP contribution in [-0.4, -0.2) is 71.8 Å². The number of likely N-dealkylation sites (tertiary alicyclic amines) is 3. The van der Waals surface area contributed by atoms with Crippen molar-refractivity contribution >= 4 is 11.8 Å². The summed E-state index contributed by atoms with van der Waals surface area (Å²) in [7, 11) is 0. The van der Waals surface area contributed by atoms with Crippen LogP contribution in [0.15, 0.2) is 30.3 Å². The number of amides is 2. The first-order valence-corrected chi connectivity index (χ1v) is 14.5. The fourth-order valence-corrected chi connectivity index (χ4v) is 6.42. The van der Waals surface area contributed by atoms with Gasteiger partial charge in [0.2, 0.25) is 11.8 Å². The maximum Gasteiger partial charge on any atom is 0.225 e. The Balaban J connectivity index is 1.13. The van der Waals surface area contributed by atoms with Gasteiger partial charge in [-0.1, -0.05) is 56.5 Å². The molecule has 1 aromatic rings. The van der Waals surface area contributed by atoms with Gasteiger partial charge in [-0.3, -0.25) is 9.59 Å². The van der Waals surface area contributed by atoms with E-state index in [1.807, 2.05) is 0 Å². The van der Waals surface area contributed by atoms with Crippen LogP contribution in [0.25, 0.3) is 0 Å². The predicted molar refractivity (Wildman–Crippen MR) is 142 cm³/mol. The zero-order chi connectivity index (χ0) is 24.5. The van der Waals surface area contributed by atoms with Crippen LogP contribution in [0, 0.1) is 11.8 Å². The molecular weight excluding hydrogens is 434 g/mol. The summed E-state index contributed by atoms with van der Waals surface area (Å²) in [6, 6.07) is 11.4. The fourth-order valence-electron chi connectivity index (χ4n) is 6.42. The molecule has 4 rings (SSSR count). The fraction of sp³-hybridized carbons (Fsp3) is 0.733. The van der Waals surface area contributed by atoms with Gasteiger partial charge >= 0.3 is 0 Å². The topological polar surface area (TPSA) is 43.9 Å². The molecule has 35 heavy (non-hydrogen) atoms. The van der Waals surface area contributed by atoms with E-state index < -0.39 is 0 Å². The lowest BCUT2D eigenvalue weighted by Crippen LogP contribution is -2.51. The number of carbonyl (C=O) groups excluding carboxylic acids is 2. The van der Waals surface area contributed by atoms with Crippen LogP contribution in [0.1, 0.15) is 83.1 Å². The van der Waals surface area contributed by atoms with Crippen molar-refractivity contribution in [2.75, 3.05) is 39.3 Å². The Kier molecular flexibility index (Phi) is 10.1. The van der Waals surface area contributed by atoms with E-state index in [1.165, 1.54) is 24.8 Å². The highest BCUT2D eigenvalue weighted by molar-refractivity contribution is 5.79. The second kappa shape index (κ2) is 13.4. The zero-order valence-electron chi connectivity index (χ0n) is 22.0. The highest BCUT2D eigenvalue weighted by Gasteiger charge is 2.34. The van der Waals surface area contributed by atoms with Gasteiger partial charge in [0.1, 0.15) is 0 Å².